The molecule has 2 rings (SSSR count). The van der Waals surface area contributed by atoms with Crippen LogP contribution in [0, 0.1) is 11.8 Å². The fraction of sp³-hybridized carbons (Fsp3) is 1.00. The highest BCUT2D eigenvalue weighted by molar-refractivity contribution is 4.84. The van der Waals surface area contributed by atoms with Gasteiger partial charge in [0.1, 0.15) is 0 Å². The van der Waals surface area contributed by atoms with Crippen molar-refractivity contribution in [1.82, 2.24) is 10.2 Å². The van der Waals surface area contributed by atoms with Crippen LogP contribution in [-0.2, 0) is 0 Å². The summed E-state index contributed by atoms with van der Waals surface area (Å²) in [5, 5.41) is 13.0. The van der Waals surface area contributed by atoms with Crippen LogP contribution in [0.5, 0.6) is 0 Å². The van der Waals surface area contributed by atoms with Crippen molar-refractivity contribution in [2.24, 2.45) is 11.8 Å². The first-order valence-electron chi connectivity index (χ1n) is 6.87. The van der Waals surface area contributed by atoms with Gasteiger partial charge >= 0.3 is 0 Å². The molecule has 0 aromatic carbocycles. The van der Waals surface area contributed by atoms with Crippen molar-refractivity contribution in [3.63, 3.8) is 0 Å². The van der Waals surface area contributed by atoms with Crippen molar-refractivity contribution < 1.29 is 5.11 Å². The van der Waals surface area contributed by atoms with Gasteiger partial charge in [0.2, 0.25) is 0 Å². The van der Waals surface area contributed by atoms with Crippen LogP contribution in [0.3, 0.4) is 0 Å². The third kappa shape index (κ3) is 2.96. The molecule has 1 aliphatic carbocycles. The topological polar surface area (TPSA) is 35.5 Å². The van der Waals surface area contributed by atoms with Gasteiger partial charge in [0, 0.05) is 32.2 Å². The zero-order valence-electron chi connectivity index (χ0n) is 10.5. The van der Waals surface area contributed by atoms with E-state index in [1.165, 1.54) is 25.7 Å². The number of piperazine rings is 1. The summed E-state index contributed by atoms with van der Waals surface area (Å²) in [6, 6.07) is 0.426. The molecule has 3 nitrogen and oxygen atoms in total. The molecule has 16 heavy (non-hydrogen) atoms. The molecule has 0 spiro atoms. The molecular weight excluding hydrogens is 200 g/mol. The normalized spacial score (nSPS) is 34.9. The Labute approximate surface area is 99.2 Å². The molecule has 2 N–H and O–H groups in total. The highest BCUT2D eigenvalue weighted by atomic mass is 16.3. The molecular formula is C13H26N2O. The Balaban J connectivity index is 1.88. The standard InChI is InChI=1S/C13H26N2O/c1-11-2-4-12(5-3-11)13(10-16)15-8-6-14-7-9-15/h11-14,16H,2-10H2,1H3. The number of hydrogen-bond acceptors (Lipinski definition) is 3. The Hall–Kier alpha value is -0.120. The summed E-state index contributed by atoms with van der Waals surface area (Å²) in [6.07, 6.45) is 5.34. The quantitative estimate of drug-likeness (QED) is 0.756. The molecule has 1 saturated heterocycles. The third-order valence-electron chi connectivity index (χ3n) is 4.41. The lowest BCUT2D eigenvalue weighted by Crippen LogP contribution is -2.52. The van der Waals surface area contributed by atoms with Crippen LogP contribution in [0.15, 0.2) is 0 Å². The molecule has 0 radical (unpaired) electrons. The minimum Gasteiger partial charge on any atom is -0.395 e. The first-order valence-corrected chi connectivity index (χ1v) is 6.87. The molecule has 3 heteroatoms. The SMILES string of the molecule is CC1CCC(C(CO)N2CCNCC2)CC1. The van der Waals surface area contributed by atoms with E-state index in [9.17, 15) is 5.11 Å². The lowest BCUT2D eigenvalue weighted by atomic mass is 9.79. The monoisotopic (exact) mass is 226 g/mol. The van der Waals surface area contributed by atoms with Gasteiger partial charge in [-0.05, 0) is 24.7 Å². The summed E-state index contributed by atoms with van der Waals surface area (Å²) in [6.45, 7) is 7.09. The molecule has 1 unspecified atom stereocenters. The highest BCUT2D eigenvalue weighted by Crippen LogP contribution is 2.32. The van der Waals surface area contributed by atoms with E-state index in [-0.39, 0.29) is 0 Å². The van der Waals surface area contributed by atoms with E-state index in [0.29, 0.717) is 12.6 Å². The molecule has 0 aromatic heterocycles. The average molecular weight is 226 g/mol. The minimum absolute atomic E-state index is 0.346. The van der Waals surface area contributed by atoms with Gasteiger partial charge in [0.05, 0.1) is 6.61 Å². The van der Waals surface area contributed by atoms with Crippen LogP contribution < -0.4 is 5.32 Å². The lowest BCUT2D eigenvalue weighted by molar-refractivity contribution is 0.0505. The van der Waals surface area contributed by atoms with E-state index in [4.69, 9.17) is 0 Å². The van der Waals surface area contributed by atoms with Crippen LogP contribution in [0.2, 0.25) is 0 Å². The van der Waals surface area contributed by atoms with Crippen LogP contribution in [-0.4, -0.2) is 48.8 Å². The summed E-state index contributed by atoms with van der Waals surface area (Å²) in [4.78, 5) is 2.50. The van der Waals surface area contributed by atoms with Crippen molar-refractivity contribution in [2.45, 2.75) is 38.6 Å². The number of nitrogens with zero attached hydrogens (tertiary/aromatic N) is 1. The van der Waals surface area contributed by atoms with Gasteiger partial charge in [0.15, 0.2) is 0 Å². The molecule has 1 atom stereocenters. The van der Waals surface area contributed by atoms with Gasteiger partial charge < -0.3 is 10.4 Å². The van der Waals surface area contributed by atoms with Crippen molar-refractivity contribution in [3.05, 3.63) is 0 Å². The second kappa shape index (κ2) is 5.99. The smallest absolute Gasteiger partial charge is 0.0589 e. The van der Waals surface area contributed by atoms with Gasteiger partial charge in [-0.25, -0.2) is 0 Å². The molecule has 1 saturated carbocycles. The molecule has 2 aliphatic rings. The summed E-state index contributed by atoms with van der Waals surface area (Å²) in [7, 11) is 0. The van der Waals surface area contributed by atoms with E-state index in [1.807, 2.05) is 0 Å². The maximum absolute atomic E-state index is 9.63. The predicted octanol–water partition coefficient (Wildman–Crippen LogP) is 1.08. The third-order valence-corrected chi connectivity index (χ3v) is 4.41. The summed E-state index contributed by atoms with van der Waals surface area (Å²) in [5.74, 6) is 1.64. The van der Waals surface area contributed by atoms with Crippen LogP contribution in [0.4, 0.5) is 0 Å². The number of nitrogens with one attached hydrogen (secondary N) is 1. The van der Waals surface area contributed by atoms with E-state index in [1.54, 1.807) is 0 Å². The van der Waals surface area contributed by atoms with Crippen molar-refractivity contribution in [2.75, 3.05) is 32.8 Å². The van der Waals surface area contributed by atoms with Gasteiger partial charge in [-0.3, -0.25) is 4.90 Å². The Morgan fingerprint density at radius 3 is 2.38 bits per heavy atom. The average Bonchev–Trinajstić information content (AvgIpc) is 2.34. The Morgan fingerprint density at radius 2 is 1.81 bits per heavy atom. The van der Waals surface area contributed by atoms with Crippen LogP contribution in [0.25, 0.3) is 0 Å². The van der Waals surface area contributed by atoms with Crippen molar-refractivity contribution in [1.29, 1.82) is 0 Å². The molecule has 0 amide bonds. The van der Waals surface area contributed by atoms with E-state index in [2.05, 4.69) is 17.1 Å². The molecule has 1 heterocycles. The van der Waals surface area contributed by atoms with Crippen LogP contribution in [0.1, 0.15) is 32.6 Å². The lowest BCUT2D eigenvalue weighted by Gasteiger charge is -2.40. The second-order valence-corrected chi connectivity index (χ2v) is 5.56. The summed E-state index contributed by atoms with van der Waals surface area (Å²) in [5.41, 5.74) is 0. The Kier molecular flexibility index (Phi) is 4.62. The Morgan fingerprint density at radius 1 is 1.19 bits per heavy atom. The molecule has 0 bridgehead atoms. The highest BCUT2D eigenvalue weighted by Gasteiger charge is 2.30. The predicted molar refractivity (Wildman–Crippen MR) is 66.4 cm³/mol. The minimum atomic E-state index is 0.346. The largest absolute Gasteiger partial charge is 0.395 e. The summed E-state index contributed by atoms with van der Waals surface area (Å²) < 4.78 is 0. The van der Waals surface area contributed by atoms with Crippen LogP contribution >= 0.6 is 0 Å². The molecule has 0 aromatic rings. The number of rotatable bonds is 3. The van der Waals surface area contributed by atoms with Gasteiger partial charge in [-0.1, -0.05) is 19.8 Å². The zero-order chi connectivity index (χ0) is 11.4. The molecule has 1 aliphatic heterocycles. The maximum Gasteiger partial charge on any atom is 0.0589 e. The first kappa shape index (κ1) is 12.3. The van der Waals surface area contributed by atoms with Crippen molar-refractivity contribution in [3.8, 4) is 0 Å². The fourth-order valence-corrected chi connectivity index (χ4v) is 3.25. The summed E-state index contributed by atoms with van der Waals surface area (Å²) >= 11 is 0. The van der Waals surface area contributed by atoms with E-state index >= 15 is 0 Å². The van der Waals surface area contributed by atoms with E-state index < -0.39 is 0 Å². The second-order valence-electron chi connectivity index (χ2n) is 5.56. The molecule has 94 valence electrons. The first-order chi connectivity index (χ1) is 7.81. The molecule has 2 fully saturated rings. The fourth-order valence-electron chi connectivity index (χ4n) is 3.25. The van der Waals surface area contributed by atoms with E-state index in [0.717, 1.165) is 38.0 Å². The van der Waals surface area contributed by atoms with Gasteiger partial charge in [0.25, 0.3) is 0 Å². The van der Waals surface area contributed by atoms with Gasteiger partial charge in [-0.15, -0.1) is 0 Å². The van der Waals surface area contributed by atoms with Gasteiger partial charge in [-0.2, -0.15) is 0 Å². The van der Waals surface area contributed by atoms with Crippen molar-refractivity contribution >= 4 is 0 Å². The number of aliphatic hydroxyl groups is 1. The number of hydrogen-bond donors (Lipinski definition) is 2. The Bertz CT molecular complexity index is 196. The zero-order valence-corrected chi connectivity index (χ0v) is 10.5. The number of aliphatic hydroxyl groups excluding tert-OH is 1. The maximum atomic E-state index is 9.63.